The van der Waals surface area contributed by atoms with Crippen LogP contribution >= 0.6 is 12.4 Å². The monoisotopic (exact) mass is 280 g/mol. The molecule has 3 rings (SSSR count). The van der Waals surface area contributed by atoms with Gasteiger partial charge in [-0.3, -0.25) is 10.1 Å². The van der Waals surface area contributed by atoms with Crippen LogP contribution in [-0.2, 0) is 4.79 Å². The molecule has 5 nitrogen and oxygen atoms in total. The first-order chi connectivity index (χ1) is 8.81. The molecule has 0 radical (unpaired) electrons. The molecule has 1 saturated heterocycles. The van der Waals surface area contributed by atoms with E-state index in [1.54, 1.807) is 0 Å². The molecular weight excluding hydrogens is 264 g/mol. The maximum absolute atomic E-state index is 11.8. The van der Waals surface area contributed by atoms with Crippen LogP contribution in [-0.4, -0.2) is 29.0 Å². The third-order valence-corrected chi connectivity index (χ3v) is 3.28. The molecule has 1 aliphatic rings. The lowest BCUT2D eigenvalue weighted by Crippen LogP contribution is -2.18. The molecule has 0 bridgehead atoms. The predicted molar refractivity (Wildman–Crippen MR) is 77.6 cm³/mol. The van der Waals surface area contributed by atoms with Gasteiger partial charge in [-0.25, -0.2) is 4.98 Å². The quantitative estimate of drug-likeness (QED) is 0.804. The summed E-state index contributed by atoms with van der Waals surface area (Å²) in [6, 6.07) is 7.73. The first-order valence-electron chi connectivity index (χ1n) is 6.26. The number of fused-ring (bicyclic) bond motifs is 1. The first kappa shape index (κ1) is 13.8. The molecule has 102 valence electrons. The number of carbonyl (C=O) groups is 1. The molecule has 19 heavy (non-hydrogen) atoms. The minimum atomic E-state index is 0. The van der Waals surface area contributed by atoms with Crippen LogP contribution in [0.25, 0.3) is 11.0 Å². The summed E-state index contributed by atoms with van der Waals surface area (Å²) in [4.78, 5) is 19.3. The summed E-state index contributed by atoms with van der Waals surface area (Å²) in [6.45, 7) is 1.95. The Balaban J connectivity index is 0.00000133. The normalized spacial score (nSPS) is 18.2. The second-order valence-corrected chi connectivity index (χ2v) is 4.71. The standard InChI is InChI=1S/C13H16N4O.ClH/c18-12(7-9-5-6-14-8-9)17-13-15-10-3-1-2-4-11(10)16-13;/h1-4,9,14H,5-8H2,(H2,15,16,17,18);1H. The number of anilines is 1. The van der Waals surface area contributed by atoms with Crippen molar-refractivity contribution in [3.8, 4) is 0 Å². The zero-order valence-corrected chi connectivity index (χ0v) is 11.3. The van der Waals surface area contributed by atoms with E-state index in [1.807, 2.05) is 24.3 Å². The van der Waals surface area contributed by atoms with Gasteiger partial charge in [0.05, 0.1) is 11.0 Å². The number of hydrogen-bond donors (Lipinski definition) is 3. The maximum Gasteiger partial charge on any atom is 0.227 e. The number of halogens is 1. The number of aromatic nitrogens is 2. The molecule has 2 heterocycles. The third-order valence-electron chi connectivity index (χ3n) is 3.28. The van der Waals surface area contributed by atoms with E-state index in [2.05, 4.69) is 20.6 Å². The summed E-state index contributed by atoms with van der Waals surface area (Å²) >= 11 is 0. The first-order valence-corrected chi connectivity index (χ1v) is 6.26. The van der Waals surface area contributed by atoms with Crippen LogP contribution in [0.3, 0.4) is 0 Å². The van der Waals surface area contributed by atoms with E-state index in [0.29, 0.717) is 18.3 Å². The van der Waals surface area contributed by atoms with Crippen molar-refractivity contribution >= 4 is 35.3 Å². The van der Waals surface area contributed by atoms with Gasteiger partial charge in [-0.2, -0.15) is 0 Å². The van der Waals surface area contributed by atoms with Crippen molar-refractivity contribution in [2.24, 2.45) is 5.92 Å². The fourth-order valence-corrected chi connectivity index (χ4v) is 2.35. The van der Waals surface area contributed by atoms with E-state index in [1.165, 1.54) is 0 Å². The zero-order chi connectivity index (χ0) is 12.4. The highest BCUT2D eigenvalue weighted by molar-refractivity contribution is 5.91. The Hall–Kier alpha value is -1.59. The minimum Gasteiger partial charge on any atom is -0.324 e. The van der Waals surface area contributed by atoms with Crippen molar-refractivity contribution in [3.63, 3.8) is 0 Å². The smallest absolute Gasteiger partial charge is 0.227 e. The SMILES string of the molecule is Cl.O=C(CC1CCNC1)Nc1nc2ccccc2[nH]1. The topological polar surface area (TPSA) is 69.8 Å². The van der Waals surface area contributed by atoms with Crippen molar-refractivity contribution in [2.75, 3.05) is 18.4 Å². The number of amides is 1. The van der Waals surface area contributed by atoms with E-state index >= 15 is 0 Å². The van der Waals surface area contributed by atoms with Gasteiger partial charge in [0.2, 0.25) is 11.9 Å². The molecule has 1 unspecified atom stereocenters. The van der Waals surface area contributed by atoms with E-state index in [0.717, 1.165) is 30.5 Å². The maximum atomic E-state index is 11.8. The Morgan fingerprint density at radius 2 is 2.26 bits per heavy atom. The Kier molecular flexibility index (Phi) is 4.39. The molecule has 0 aliphatic carbocycles. The number of carbonyl (C=O) groups excluding carboxylic acids is 1. The minimum absolute atomic E-state index is 0. The predicted octanol–water partition coefficient (Wildman–Crippen LogP) is 1.92. The van der Waals surface area contributed by atoms with Gasteiger partial charge < -0.3 is 10.3 Å². The largest absolute Gasteiger partial charge is 0.324 e. The summed E-state index contributed by atoms with van der Waals surface area (Å²) in [7, 11) is 0. The van der Waals surface area contributed by atoms with Crippen LogP contribution in [0, 0.1) is 5.92 Å². The van der Waals surface area contributed by atoms with E-state index in [-0.39, 0.29) is 18.3 Å². The van der Waals surface area contributed by atoms with Crippen LogP contribution in [0.1, 0.15) is 12.8 Å². The van der Waals surface area contributed by atoms with Gasteiger partial charge in [0, 0.05) is 6.42 Å². The molecule has 1 aromatic carbocycles. The summed E-state index contributed by atoms with van der Waals surface area (Å²) in [5.74, 6) is 1.02. The molecular formula is C13H17ClN4O. The lowest BCUT2D eigenvalue weighted by atomic mass is 10.1. The third kappa shape index (κ3) is 3.24. The number of imidazole rings is 1. The molecule has 1 fully saturated rings. The van der Waals surface area contributed by atoms with E-state index < -0.39 is 0 Å². The summed E-state index contributed by atoms with van der Waals surface area (Å²) in [5, 5.41) is 6.08. The van der Waals surface area contributed by atoms with Crippen LogP contribution in [0.4, 0.5) is 5.95 Å². The van der Waals surface area contributed by atoms with Crippen molar-refractivity contribution in [1.82, 2.24) is 15.3 Å². The van der Waals surface area contributed by atoms with Gasteiger partial charge in [-0.05, 0) is 37.6 Å². The molecule has 6 heteroatoms. The second kappa shape index (κ2) is 6.04. The molecule has 1 atom stereocenters. The molecule has 3 N–H and O–H groups in total. The number of H-pyrrole nitrogens is 1. The number of para-hydroxylation sites is 2. The summed E-state index contributed by atoms with van der Waals surface area (Å²) in [6.07, 6.45) is 1.64. The molecule has 1 amide bonds. The molecule has 0 spiro atoms. The molecule has 1 aromatic heterocycles. The van der Waals surface area contributed by atoms with Crippen molar-refractivity contribution in [3.05, 3.63) is 24.3 Å². The highest BCUT2D eigenvalue weighted by Gasteiger charge is 2.18. The van der Waals surface area contributed by atoms with Crippen LogP contribution in [0.5, 0.6) is 0 Å². The summed E-state index contributed by atoms with van der Waals surface area (Å²) < 4.78 is 0. The van der Waals surface area contributed by atoms with E-state index in [9.17, 15) is 4.79 Å². The lowest BCUT2D eigenvalue weighted by molar-refractivity contribution is -0.117. The Morgan fingerprint density at radius 1 is 1.42 bits per heavy atom. The zero-order valence-electron chi connectivity index (χ0n) is 10.5. The van der Waals surface area contributed by atoms with Gasteiger partial charge in [0.25, 0.3) is 0 Å². The number of nitrogens with zero attached hydrogens (tertiary/aromatic N) is 1. The Morgan fingerprint density at radius 3 is 3.00 bits per heavy atom. The van der Waals surface area contributed by atoms with Gasteiger partial charge in [0.15, 0.2) is 0 Å². The van der Waals surface area contributed by atoms with Crippen molar-refractivity contribution < 1.29 is 4.79 Å². The van der Waals surface area contributed by atoms with Gasteiger partial charge in [0.1, 0.15) is 0 Å². The van der Waals surface area contributed by atoms with Gasteiger partial charge in [-0.1, -0.05) is 12.1 Å². The van der Waals surface area contributed by atoms with Crippen molar-refractivity contribution in [1.29, 1.82) is 0 Å². The number of hydrogen-bond acceptors (Lipinski definition) is 3. The number of rotatable bonds is 3. The average molecular weight is 281 g/mol. The van der Waals surface area contributed by atoms with Gasteiger partial charge >= 0.3 is 0 Å². The molecule has 2 aromatic rings. The lowest BCUT2D eigenvalue weighted by Gasteiger charge is -2.06. The number of nitrogens with one attached hydrogen (secondary N) is 3. The Labute approximate surface area is 117 Å². The Bertz CT molecular complexity index is 530. The molecule has 0 saturated carbocycles. The molecule has 1 aliphatic heterocycles. The highest BCUT2D eigenvalue weighted by Crippen LogP contribution is 2.16. The fraction of sp³-hybridized carbons (Fsp3) is 0.385. The van der Waals surface area contributed by atoms with Gasteiger partial charge in [-0.15, -0.1) is 12.4 Å². The van der Waals surface area contributed by atoms with E-state index in [4.69, 9.17) is 0 Å². The summed E-state index contributed by atoms with van der Waals surface area (Å²) in [5.41, 5.74) is 1.81. The van der Waals surface area contributed by atoms with Crippen LogP contribution in [0.15, 0.2) is 24.3 Å². The highest BCUT2D eigenvalue weighted by atomic mass is 35.5. The van der Waals surface area contributed by atoms with Crippen LogP contribution < -0.4 is 10.6 Å². The number of benzene rings is 1. The second-order valence-electron chi connectivity index (χ2n) is 4.71. The number of aromatic amines is 1. The fourth-order valence-electron chi connectivity index (χ4n) is 2.35. The van der Waals surface area contributed by atoms with Crippen LogP contribution in [0.2, 0.25) is 0 Å². The average Bonchev–Trinajstić information content (AvgIpc) is 2.96. The van der Waals surface area contributed by atoms with Crippen molar-refractivity contribution in [2.45, 2.75) is 12.8 Å².